The SMILES string of the molecule is C=CCc1cc(/C=C2\C(=O)NC(=O)N(c3ccc4c(c3)OCO4)C2=O)cc(OCC)c1OCc1ccc(Cl)cc1. The Morgan fingerprint density at radius 2 is 1.80 bits per heavy atom. The fourth-order valence-electron chi connectivity index (χ4n) is 4.32. The molecule has 0 unspecified atom stereocenters. The van der Waals surface area contributed by atoms with Crippen LogP contribution in [0.15, 0.2) is 72.8 Å². The molecule has 204 valence electrons. The maximum absolute atomic E-state index is 13.4. The number of benzene rings is 3. The number of anilines is 1. The highest BCUT2D eigenvalue weighted by Gasteiger charge is 2.37. The van der Waals surface area contributed by atoms with Crippen LogP contribution in [0.4, 0.5) is 10.5 Å². The molecule has 4 amide bonds. The van der Waals surface area contributed by atoms with Gasteiger partial charge in [0, 0.05) is 16.7 Å². The number of urea groups is 1. The second-order valence-electron chi connectivity index (χ2n) is 8.84. The molecule has 0 bridgehead atoms. The minimum Gasteiger partial charge on any atom is -0.490 e. The van der Waals surface area contributed by atoms with E-state index in [1.54, 1.807) is 42.5 Å². The molecule has 40 heavy (non-hydrogen) atoms. The van der Waals surface area contributed by atoms with Crippen molar-refractivity contribution < 1.29 is 33.3 Å². The molecule has 0 spiro atoms. The van der Waals surface area contributed by atoms with Crippen LogP contribution in [-0.4, -0.2) is 31.2 Å². The van der Waals surface area contributed by atoms with E-state index >= 15 is 0 Å². The summed E-state index contributed by atoms with van der Waals surface area (Å²) in [6.07, 6.45) is 3.58. The Morgan fingerprint density at radius 1 is 1.02 bits per heavy atom. The molecule has 0 radical (unpaired) electrons. The van der Waals surface area contributed by atoms with Crippen LogP contribution in [0.25, 0.3) is 6.08 Å². The van der Waals surface area contributed by atoms with Crippen molar-refractivity contribution in [1.29, 1.82) is 0 Å². The van der Waals surface area contributed by atoms with Gasteiger partial charge in [0.05, 0.1) is 12.3 Å². The molecule has 9 nitrogen and oxygen atoms in total. The lowest BCUT2D eigenvalue weighted by atomic mass is 10.0. The van der Waals surface area contributed by atoms with E-state index in [1.807, 2.05) is 19.1 Å². The second-order valence-corrected chi connectivity index (χ2v) is 9.28. The summed E-state index contributed by atoms with van der Waals surface area (Å²) in [5, 5.41) is 2.86. The number of hydrogen-bond donors (Lipinski definition) is 1. The van der Waals surface area contributed by atoms with Crippen molar-refractivity contribution in [1.82, 2.24) is 5.32 Å². The normalized spacial score (nSPS) is 15.3. The Hall–Kier alpha value is -4.76. The predicted molar refractivity (Wildman–Crippen MR) is 149 cm³/mol. The number of ether oxygens (including phenoxy) is 4. The summed E-state index contributed by atoms with van der Waals surface area (Å²) in [5.74, 6) is 0.268. The molecule has 5 rings (SSSR count). The lowest BCUT2D eigenvalue weighted by Crippen LogP contribution is -2.54. The topological polar surface area (TPSA) is 103 Å². The summed E-state index contributed by atoms with van der Waals surface area (Å²) in [5.41, 5.74) is 2.18. The van der Waals surface area contributed by atoms with Gasteiger partial charge in [-0.25, -0.2) is 9.69 Å². The Kier molecular flexibility index (Phi) is 7.75. The smallest absolute Gasteiger partial charge is 0.335 e. The van der Waals surface area contributed by atoms with E-state index in [9.17, 15) is 14.4 Å². The third kappa shape index (κ3) is 5.50. The lowest BCUT2D eigenvalue weighted by molar-refractivity contribution is -0.122. The minimum absolute atomic E-state index is 0.0389. The van der Waals surface area contributed by atoms with E-state index in [-0.39, 0.29) is 24.7 Å². The van der Waals surface area contributed by atoms with Gasteiger partial charge >= 0.3 is 6.03 Å². The van der Waals surface area contributed by atoms with Crippen molar-refractivity contribution >= 4 is 41.2 Å². The van der Waals surface area contributed by atoms with Crippen LogP contribution in [0, 0.1) is 0 Å². The Bertz CT molecular complexity index is 1530. The highest BCUT2D eigenvalue weighted by atomic mass is 35.5. The number of nitrogens with zero attached hydrogens (tertiary/aromatic N) is 1. The summed E-state index contributed by atoms with van der Waals surface area (Å²) in [6, 6.07) is 14.6. The molecule has 10 heteroatoms. The molecule has 3 aromatic carbocycles. The highest BCUT2D eigenvalue weighted by Crippen LogP contribution is 2.38. The number of allylic oxidation sites excluding steroid dienone is 1. The molecular formula is C30H25ClN2O7. The maximum Gasteiger partial charge on any atom is 0.335 e. The first-order valence-corrected chi connectivity index (χ1v) is 12.8. The number of rotatable bonds is 9. The summed E-state index contributed by atoms with van der Waals surface area (Å²) < 4.78 is 22.7. The van der Waals surface area contributed by atoms with Gasteiger partial charge in [-0.1, -0.05) is 29.8 Å². The molecule has 0 atom stereocenters. The predicted octanol–water partition coefficient (Wildman–Crippen LogP) is 5.44. The van der Waals surface area contributed by atoms with Gasteiger partial charge in [-0.2, -0.15) is 0 Å². The molecule has 0 saturated carbocycles. The van der Waals surface area contributed by atoms with E-state index in [0.29, 0.717) is 46.6 Å². The number of fused-ring (bicyclic) bond motifs is 1. The second kappa shape index (κ2) is 11.5. The first-order valence-electron chi connectivity index (χ1n) is 12.5. The van der Waals surface area contributed by atoms with Crippen molar-refractivity contribution in [2.45, 2.75) is 20.0 Å². The number of amides is 4. The number of hydrogen-bond acceptors (Lipinski definition) is 7. The average molecular weight is 561 g/mol. The van der Waals surface area contributed by atoms with Crippen LogP contribution in [0.5, 0.6) is 23.0 Å². The Balaban J connectivity index is 1.49. The average Bonchev–Trinajstić information content (AvgIpc) is 3.40. The number of carbonyl (C=O) groups is 3. The van der Waals surface area contributed by atoms with Crippen LogP contribution in [-0.2, 0) is 22.6 Å². The van der Waals surface area contributed by atoms with E-state index in [4.69, 9.17) is 30.5 Å². The number of carbonyl (C=O) groups excluding carboxylic acids is 3. The third-order valence-corrected chi connectivity index (χ3v) is 6.39. The van der Waals surface area contributed by atoms with Crippen LogP contribution in [0.3, 0.4) is 0 Å². The largest absolute Gasteiger partial charge is 0.490 e. The zero-order chi connectivity index (χ0) is 28.2. The zero-order valence-corrected chi connectivity index (χ0v) is 22.3. The minimum atomic E-state index is -0.862. The molecule has 1 N–H and O–H groups in total. The third-order valence-electron chi connectivity index (χ3n) is 6.14. The Morgan fingerprint density at radius 3 is 2.55 bits per heavy atom. The molecule has 0 aromatic heterocycles. The quantitative estimate of drug-likeness (QED) is 0.211. The summed E-state index contributed by atoms with van der Waals surface area (Å²) in [7, 11) is 0. The first-order chi connectivity index (χ1) is 19.4. The van der Waals surface area contributed by atoms with Gasteiger partial charge in [0.25, 0.3) is 11.8 Å². The number of imide groups is 2. The fraction of sp³-hybridized carbons (Fsp3) is 0.167. The number of nitrogens with one attached hydrogen (secondary N) is 1. The lowest BCUT2D eigenvalue weighted by Gasteiger charge is -2.26. The van der Waals surface area contributed by atoms with Gasteiger partial charge in [0.2, 0.25) is 6.79 Å². The van der Waals surface area contributed by atoms with Crippen molar-refractivity contribution in [3.63, 3.8) is 0 Å². The van der Waals surface area contributed by atoms with E-state index < -0.39 is 17.8 Å². The van der Waals surface area contributed by atoms with Crippen LogP contribution in [0.2, 0.25) is 5.02 Å². The monoisotopic (exact) mass is 560 g/mol. The van der Waals surface area contributed by atoms with Gasteiger partial charge in [-0.15, -0.1) is 6.58 Å². The molecule has 2 aliphatic heterocycles. The summed E-state index contributed by atoms with van der Waals surface area (Å²) in [6.45, 7) is 6.35. The Labute approximate surface area is 235 Å². The first kappa shape index (κ1) is 26.8. The van der Waals surface area contributed by atoms with Crippen molar-refractivity contribution in [2.75, 3.05) is 18.3 Å². The molecule has 2 heterocycles. The van der Waals surface area contributed by atoms with Gasteiger partial charge in [0.1, 0.15) is 12.2 Å². The van der Waals surface area contributed by atoms with E-state index in [0.717, 1.165) is 16.0 Å². The van der Waals surface area contributed by atoms with Crippen LogP contribution >= 0.6 is 11.6 Å². The van der Waals surface area contributed by atoms with Gasteiger partial charge in [-0.3, -0.25) is 14.9 Å². The molecule has 1 fully saturated rings. The molecular weight excluding hydrogens is 536 g/mol. The zero-order valence-electron chi connectivity index (χ0n) is 21.6. The van der Waals surface area contributed by atoms with E-state index in [2.05, 4.69) is 11.9 Å². The van der Waals surface area contributed by atoms with Crippen LogP contribution in [0.1, 0.15) is 23.6 Å². The van der Waals surface area contributed by atoms with Crippen LogP contribution < -0.4 is 29.2 Å². The number of barbiturate groups is 1. The molecule has 1 saturated heterocycles. The standard InChI is InChI=1S/C30H25ClN2O7/c1-3-5-20-12-19(14-26(37-4-2)27(20)38-16-18-6-8-21(31)9-7-18)13-23-28(34)32-30(36)33(29(23)35)22-10-11-24-25(15-22)40-17-39-24/h3,6-15H,1,4-5,16-17H2,2H3,(H,32,34,36)/b23-13+. The summed E-state index contributed by atoms with van der Waals surface area (Å²) >= 11 is 5.99. The number of halogens is 1. The highest BCUT2D eigenvalue weighted by molar-refractivity contribution is 6.39. The van der Waals surface area contributed by atoms with E-state index in [1.165, 1.54) is 12.1 Å². The molecule has 0 aliphatic carbocycles. The van der Waals surface area contributed by atoms with Gasteiger partial charge in [0.15, 0.2) is 23.0 Å². The molecule has 2 aliphatic rings. The van der Waals surface area contributed by atoms with Crippen molar-refractivity contribution in [3.05, 3.63) is 94.5 Å². The van der Waals surface area contributed by atoms with Gasteiger partial charge < -0.3 is 18.9 Å². The van der Waals surface area contributed by atoms with Crippen molar-refractivity contribution in [2.24, 2.45) is 0 Å². The summed E-state index contributed by atoms with van der Waals surface area (Å²) in [4.78, 5) is 39.8. The molecule has 3 aromatic rings. The van der Waals surface area contributed by atoms with Crippen molar-refractivity contribution in [3.8, 4) is 23.0 Å². The fourth-order valence-corrected chi connectivity index (χ4v) is 4.45. The van der Waals surface area contributed by atoms with Gasteiger partial charge in [-0.05, 0) is 66.9 Å². The maximum atomic E-state index is 13.4.